The van der Waals surface area contributed by atoms with Crippen LogP contribution in [-0.4, -0.2) is 4.98 Å². The number of fused-ring (bicyclic) bond motifs is 1. The van der Waals surface area contributed by atoms with Crippen LogP contribution in [-0.2, 0) is 0 Å². The topological polar surface area (TPSA) is 63.4 Å². The van der Waals surface area contributed by atoms with Gasteiger partial charge in [0.15, 0.2) is 0 Å². The quantitative estimate of drug-likeness (QED) is 0.531. The highest BCUT2D eigenvalue weighted by atomic mass is 19.1. The molecule has 4 aromatic rings. The zero-order chi connectivity index (χ0) is 18.1. The number of H-pyrrole nitrogens is 1. The summed E-state index contributed by atoms with van der Waals surface area (Å²) in [6, 6.07) is 24.0. The third-order valence-corrected chi connectivity index (χ3v) is 4.40. The Balaban J connectivity index is 1.95. The van der Waals surface area contributed by atoms with Gasteiger partial charge in [-0.3, -0.25) is 5.41 Å². The average molecular weight is 339 g/mol. The fourth-order valence-electron chi connectivity index (χ4n) is 3.07. The summed E-state index contributed by atoms with van der Waals surface area (Å²) in [4.78, 5) is 2.93. The monoisotopic (exact) mass is 339 g/mol. The van der Waals surface area contributed by atoms with Gasteiger partial charge in [-0.05, 0) is 58.3 Å². The van der Waals surface area contributed by atoms with E-state index in [-0.39, 0.29) is 16.9 Å². The van der Waals surface area contributed by atoms with E-state index >= 15 is 0 Å². The summed E-state index contributed by atoms with van der Waals surface area (Å²) in [6.45, 7) is 0. The molecule has 3 nitrogen and oxygen atoms in total. The van der Waals surface area contributed by atoms with Crippen molar-refractivity contribution >= 4 is 10.8 Å². The largest absolute Gasteiger partial charge is 0.339 e. The molecule has 0 unspecified atom stereocenters. The number of rotatable bonds is 2. The first kappa shape index (κ1) is 15.8. The normalized spacial score (nSPS) is 10.6. The summed E-state index contributed by atoms with van der Waals surface area (Å²) in [5.41, 5.74) is 3.29. The molecule has 0 aliphatic heterocycles. The fraction of sp³-hybridized carbons (Fsp3) is 0. The molecule has 0 bridgehead atoms. The highest BCUT2D eigenvalue weighted by molar-refractivity contribution is 5.88. The summed E-state index contributed by atoms with van der Waals surface area (Å²) in [5.74, 6) is -0.316. The molecule has 3 aromatic carbocycles. The number of aromatic nitrogens is 1. The molecule has 0 atom stereocenters. The van der Waals surface area contributed by atoms with E-state index in [0.717, 1.165) is 21.9 Å². The van der Waals surface area contributed by atoms with Gasteiger partial charge in [0.05, 0.1) is 0 Å². The van der Waals surface area contributed by atoms with Gasteiger partial charge in [-0.15, -0.1) is 0 Å². The molecule has 0 spiro atoms. The number of hydrogen-bond acceptors (Lipinski definition) is 2. The molecule has 26 heavy (non-hydrogen) atoms. The zero-order valence-corrected chi connectivity index (χ0v) is 13.8. The molecule has 0 saturated carbocycles. The molecule has 0 radical (unpaired) electrons. The Kier molecular flexibility index (Phi) is 3.83. The SMILES string of the molecule is N#Cc1c(-c2ccc3ccccc3c2)cc(-c2ccc(F)cc2)[nH]c1=N. The predicted octanol–water partition coefficient (Wildman–Crippen LogP) is 4.99. The van der Waals surface area contributed by atoms with Crippen molar-refractivity contribution in [3.05, 3.63) is 89.7 Å². The molecule has 0 saturated heterocycles. The molecule has 0 aliphatic rings. The number of pyridine rings is 1. The van der Waals surface area contributed by atoms with E-state index in [2.05, 4.69) is 11.1 Å². The Morgan fingerprint density at radius 3 is 2.27 bits per heavy atom. The van der Waals surface area contributed by atoms with Crippen LogP contribution in [0.1, 0.15) is 5.56 Å². The standard InChI is InChI=1S/C22H14FN3/c23-18-9-7-15(8-10-18)21-12-19(20(13-24)22(25)26-21)17-6-5-14-3-1-2-4-16(14)11-17/h1-12H,(H2,25,26). The minimum atomic E-state index is -0.316. The molecule has 4 rings (SSSR count). The van der Waals surface area contributed by atoms with Gasteiger partial charge < -0.3 is 4.98 Å². The number of nitriles is 1. The molecule has 0 aliphatic carbocycles. The van der Waals surface area contributed by atoms with Crippen LogP contribution < -0.4 is 5.49 Å². The molecule has 1 aromatic heterocycles. The van der Waals surface area contributed by atoms with Crippen LogP contribution in [0, 0.1) is 22.6 Å². The van der Waals surface area contributed by atoms with Crippen molar-refractivity contribution in [2.75, 3.05) is 0 Å². The molecular formula is C22H14FN3. The summed E-state index contributed by atoms with van der Waals surface area (Å²) >= 11 is 0. The lowest BCUT2D eigenvalue weighted by atomic mass is 9.96. The van der Waals surface area contributed by atoms with Crippen molar-refractivity contribution in [2.24, 2.45) is 0 Å². The molecular weight excluding hydrogens is 325 g/mol. The minimum absolute atomic E-state index is 0.0393. The summed E-state index contributed by atoms with van der Waals surface area (Å²) in [5, 5.41) is 19.9. The number of aromatic amines is 1. The van der Waals surface area contributed by atoms with Crippen LogP contribution >= 0.6 is 0 Å². The Morgan fingerprint density at radius 1 is 0.846 bits per heavy atom. The molecule has 0 amide bonds. The van der Waals surface area contributed by atoms with E-state index in [1.54, 1.807) is 12.1 Å². The average Bonchev–Trinajstić information content (AvgIpc) is 2.67. The first-order chi connectivity index (χ1) is 12.7. The number of nitrogens with one attached hydrogen (secondary N) is 2. The van der Waals surface area contributed by atoms with Crippen LogP contribution in [0.2, 0.25) is 0 Å². The highest BCUT2D eigenvalue weighted by Gasteiger charge is 2.11. The van der Waals surface area contributed by atoms with Crippen LogP contribution in [0.3, 0.4) is 0 Å². The van der Waals surface area contributed by atoms with E-state index in [9.17, 15) is 9.65 Å². The molecule has 0 fully saturated rings. The van der Waals surface area contributed by atoms with Gasteiger partial charge in [0.2, 0.25) is 0 Å². The van der Waals surface area contributed by atoms with Gasteiger partial charge in [0.25, 0.3) is 0 Å². The van der Waals surface area contributed by atoms with Crippen LogP contribution in [0.15, 0.2) is 72.8 Å². The van der Waals surface area contributed by atoms with Crippen molar-refractivity contribution in [1.29, 1.82) is 10.7 Å². The van der Waals surface area contributed by atoms with Gasteiger partial charge in [0.1, 0.15) is 22.9 Å². The first-order valence-corrected chi connectivity index (χ1v) is 8.13. The lowest BCUT2D eigenvalue weighted by molar-refractivity contribution is 0.628. The Hall–Kier alpha value is -3.71. The van der Waals surface area contributed by atoms with Crippen LogP contribution in [0.4, 0.5) is 4.39 Å². The van der Waals surface area contributed by atoms with Crippen molar-refractivity contribution in [3.63, 3.8) is 0 Å². The van der Waals surface area contributed by atoms with E-state index in [4.69, 9.17) is 5.41 Å². The van der Waals surface area contributed by atoms with Crippen LogP contribution in [0.5, 0.6) is 0 Å². The zero-order valence-electron chi connectivity index (χ0n) is 13.8. The van der Waals surface area contributed by atoms with E-state index in [1.807, 2.05) is 48.5 Å². The van der Waals surface area contributed by atoms with E-state index in [0.29, 0.717) is 11.3 Å². The van der Waals surface area contributed by atoms with Gasteiger partial charge in [-0.1, -0.05) is 36.4 Å². The van der Waals surface area contributed by atoms with Crippen molar-refractivity contribution in [2.45, 2.75) is 0 Å². The highest BCUT2D eigenvalue weighted by Crippen LogP contribution is 2.28. The summed E-state index contributed by atoms with van der Waals surface area (Å²) in [6.07, 6.45) is 0. The van der Waals surface area contributed by atoms with E-state index in [1.165, 1.54) is 12.1 Å². The molecule has 1 heterocycles. The maximum atomic E-state index is 13.2. The second-order valence-corrected chi connectivity index (χ2v) is 6.03. The first-order valence-electron chi connectivity index (χ1n) is 8.13. The summed E-state index contributed by atoms with van der Waals surface area (Å²) in [7, 11) is 0. The van der Waals surface area contributed by atoms with Gasteiger partial charge in [-0.25, -0.2) is 4.39 Å². The minimum Gasteiger partial charge on any atom is -0.339 e. The maximum absolute atomic E-state index is 13.2. The fourth-order valence-corrected chi connectivity index (χ4v) is 3.07. The number of hydrogen-bond donors (Lipinski definition) is 2. The second-order valence-electron chi connectivity index (χ2n) is 6.03. The van der Waals surface area contributed by atoms with Gasteiger partial charge in [-0.2, -0.15) is 5.26 Å². The predicted molar refractivity (Wildman–Crippen MR) is 99.7 cm³/mol. The second kappa shape index (κ2) is 6.30. The Morgan fingerprint density at radius 2 is 1.54 bits per heavy atom. The van der Waals surface area contributed by atoms with Crippen molar-refractivity contribution in [1.82, 2.24) is 4.98 Å². The van der Waals surface area contributed by atoms with E-state index < -0.39 is 0 Å². The molecule has 4 heteroatoms. The Labute approximate surface area is 149 Å². The number of halogens is 1. The third-order valence-electron chi connectivity index (χ3n) is 4.40. The number of benzene rings is 3. The third kappa shape index (κ3) is 2.76. The lowest BCUT2D eigenvalue weighted by Crippen LogP contribution is -2.13. The Bertz CT molecular complexity index is 1210. The maximum Gasteiger partial charge on any atom is 0.141 e. The molecule has 124 valence electrons. The van der Waals surface area contributed by atoms with Crippen molar-refractivity contribution in [3.8, 4) is 28.5 Å². The smallest absolute Gasteiger partial charge is 0.141 e. The van der Waals surface area contributed by atoms with Crippen LogP contribution in [0.25, 0.3) is 33.2 Å². The van der Waals surface area contributed by atoms with Gasteiger partial charge in [0, 0.05) is 11.3 Å². The lowest BCUT2D eigenvalue weighted by Gasteiger charge is -2.10. The molecule has 2 N–H and O–H groups in total. The van der Waals surface area contributed by atoms with Gasteiger partial charge >= 0.3 is 0 Å². The summed E-state index contributed by atoms with van der Waals surface area (Å²) < 4.78 is 13.2. The number of nitrogens with zero attached hydrogens (tertiary/aromatic N) is 1. The van der Waals surface area contributed by atoms with Crippen molar-refractivity contribution < 1.29 is 4.39 Å².